The SMILES string of the molecule is CNC(CC1CC1)c1cccc(F)c1Br. The van der Waals surface area contributed by atoms with Gasteiger partial charge in [-0.15, -0.1) is 0 Å². The van der Waals surface area contributed by atoms with Crippen molar-refractivity contribution in [2.45, 2.75) is 25.3 Å². The second kappa shape index (κ2) is 4.62. The van der Waals surface area contributed by atoms with E-state index in [1.165, 1.54) is 18.9 Å². The van der Waals surface area contributed by atoms with Gasteiger partial charge in [-0.2, -0.15) is 0 Å². The Labute approximate surface area is 98.2 Å². The Balaban J connectivity index is 2.20. The number of benzene rings is 1. The van der Waals surface area contributed by atoms with Gasteiger partial charge < -0.3 is 5.32 Å². The molecule has 82 valence electrons. The van der Waals surface area contributed by atoms with Crippen LogP contribution in [0, 0.1) is 11.7 Å². The van der Waals surface area contributed by atoms with E-state index >= 15 is 0 Å². The molecule has 3 heteroatoms. The Kier molecular flexibility index (Phi) is 3.42. The maximum absolute atomic E-state index is 13.4. The molecule has 0 bridgehead atoms. The zero-order valence-corrected chi connectivity index (χ0v) is 10.3. The Bertz CT molecular complexity index is 349. The molecule has 0 aliphatic heterocycles. The zero-order valence-electron chi connectivity index (χ0n) is 8.76. The van der Waals surface area contributed by atoms with Gasteiger partial charge in [-0.1, -0.05) is 25.0 Å². The fraction of sp³-hybridized carbons (Fsp3) is 0.500. The molecule has 1 aromatic rings. The van der Waals surface area contributed by atoms with Crippen LogP contribution in [0.25, 0.3) is 0 Å². The molecule has 1 unspecified atom stereocenters. The Hall–Kier alpha value is -0.410. The van der Waals surface area contributed by atoms with Crippen LogP contribution in [0.15, 0.2) is 22.7 Å². The monoisotopic (exact) mass is 271 g/mol. The highest BCUT2D eigenvalue weighted by atomic mass is 79.9. The van der Waals surface area contributed by atoms with E-state index in [0.29, 0.717) is 4.47 Å². The van der Waals surface area contributed by atoms with Gasteiger partial charge in [-0.3, -0.25) is 0 Å². The lowest BCUT2D eigenvalue weighted by molar-refractivity contribution is 0.507. The number of nitrogens with one attached hydrogen (secondary N) is 1. The number of halogens is 2. The fourth-order valence-electron chi connectivity index (χ4n) is 1.88. The van der Waals surface area contributed by atoms with Gasteiger partial charge in [0.15, 0.2) is 0 Å². The number of hydrogen-bond acceptors (Lipinski definition) is 1. The molecule has 0 aromatic heterocycles. The van der Waals surface area contributed by atoms with Crippen LogP contribution in [0.5, 0.6) is 0 Å². The van der Waals surface area contributed by atoms with Crippen molar-refractivity contribution in [2.75, 3.05) is 7.05 Å². The number of hydrogen-bond donors (Lipinski definition) is 1. The summed E-state index contributed by atoms with van der Waals surface area (Å²) < 4.78 is 14.0. The normalized spacial score (nSPS) is 17.8. The Morgan fingerprint density at radius 1 is 1.53 bits per heavy atom. The van der Waals surface area contributed by atoms with Crippen molar-refractivity contribution in [2.24, 2.45) is 5.92 Å². The molecule has 1 nitrogen and oxygen atoms in total. The third-order valence-electron chi connectivity index (χ3n) is 2.97. The van der Waals surface area contributed by atoms with Crippen molar-refractivity contribution >= 4 is 15.9 Å². The third-order valence-corrected chi connectivity index (χ3v) is 3.81. The molecule has 1 atom stereocenters. The van der Waals surface area contributed by atoms with Gasteiger partial charge in [-0.05, 0) is 46.9 Å². The summed E-state index contributed by atoms with van der Waals surface area (Å²) in [5, 5.41) is 3.26. The van der Waals surface area contributed by atoms with Crippen LogP contribution in [0.2, 0.25) is 0 Å². The molecule has 0 heterocycles. The summed E-state index contributed by atoms with van der Waals surface area (Å²) in [6.07, 6.45) is 3.76. The van der Waals surface area contributed by atoms with E-state index in [1.807, 2.05) is 13.1 Å². The number of rotatable bonds is 4. The van der Waals surface area contributed by atoms with Gasteiger partial charge in [0.05, 0.1) is 4.47 Å². The molecule has 2 rings (SSSR count). The molecule has 0 saturated heterocycles. The van der Waals surface area contributed by atoms with Crippen molar-refractivity contribution in [3.8, 4) is 0 Å². The summed E-state index contributed by atoms with van der Waals surface area (Å²) >= 11 is 3.32. The molecule has 1 fully saturated rings. The highest BCUT2D eigenvalue weighted by molar-refractivity contribution is 9.10. The summed E-state index contributed by atoms with van der Waals surface area (Å²) in [6, 6.07) is 5.50. The predicted octanol–water partition coefficient (Wildman–Crippen LogP) is 3.65. The lowest BCUT2D eigenvalue weighted by Gasteiger charge is -2.18. The molecule has 1 aliphatic carbocycles. The third kappa shape index (κ3) is 2.58. The molecule has 1 N–H and O–H groups in total. The predicted molar refractivity (Wildman–Crippen MR) is 63.2 cm³/mol. The van der Waals surface area contributed by atoms with E-state index in [1.54, 1.807) is 6.07 Å². The minimum absolute atomic E-state index is 0.177. The topological polar surface area (TPSA) is 12.0 Å². The maximum Gasteiger partial charge on any atom is 0.137 e. The summed E-state index contributed by atoms with van der Waals surface area (Å²) in [7, 11) is 1.93. The summed E-state index contributed by atoms with van der Waals surface area (Å²) in [5.74, 6) is 0.654. The van der Waals surface area contributed by atoms with E-state index in [2.05, 4.69) is 21.2 Å². The van der Waals surface area contributed by atoms with Gasteiger partial charge >= 0.3 is 0 Å². The van der Waals surface area contributed by atoms with E-state index in [4.69, 9.17) is 0 Å². The Morgan fingerprint density at radius 3 is 2.87 bits per heavy atom. The summed E-state index contributed by atoms with van der Waals surface area (Å²) in [6.45, 7) is 0. The van der Waals surface area contributed by atoms with Crippen LogP contribution < -0.4 is 5.32 Å². The average Bonchev–Trinajstić information content (AvgIpc) is 3.03. The van der Waals surface area contributed by atoms with Crippen molar-refractivity contribution < 1.29 is 4.39 Å². The second-order valence-electron chi connectivity index (χ2n) is 4.16. The molecule has 1 aromatic carbocycles. The van der Waals surface area contributed by atoms with Gasteiger partial charge in [0.1, 0.15) is 5.82 Å². The van der Waals surface area contributed by atoms with Crippen molar-refractivity contribution in [3.05, 3.63) is 34.1 Å². The first-order valence-electron chi connectivity index (χ1n) is 5.33. The van der Waals surface area contributed by atoms with Crippen molar-refractivity contribution in [3.63, 3.8) is 0 Å². The van der Waals surface area contributed by atoms with Gasteiger partial charge in [0.25, 0.3) is 0 Å². The lowest BCUT2D eigenvalue weighted by atomic mass is 10.0. The van der Waals surface area contributed by atoms with Crippen molar-refractivity contribution in [1.29, 1.82) is 0 Å². The van der Waals surface area contributed by atoms with Crippen LogP contribution in [0.3, 0.4) is 0 Å². The first-order chi connectivity index (χ1) is 7.22. The molecule has 0 spiro atoms. The molecular formula is C12H15BrFN. The summed E-state index contributed by atoms with van der Waals surface area (Å²) in [4.78, 5) is 0. The molecule has 1 aliphatic rings. The molecular weight excluding hydrogens is 257 g/mol. The van der Waals surface area contributed by atoms with E-state index in [-0.39, 0.29) is 11.9 Å². The van der Waals surface area contributed by atoms with Gasteiger partial charge in [-0.25, -0.2) is 4.39 Å². The molecule has 1 saturated carbocycles. The van der Waals surface area contributed by atoms with Gasteiger partial charge in [0.2, 0.25) is 0 Å². The highest BCUT2D eigenvalue weighted by Crippen LogP contribution is 2.39. The first kappa shape index (κ1) is 11.1. The van der Waals surface area contributed by atoms with E-state index in [9.17, 15) is 4.39 Å². The maximum atomic E-state index is 13.4. The quantitative estimate of drug-likeness (QED) is 0.882. The average molecular weight is 272 g/mol. The minimum atomic E-state index is -0.177. The summed E-state index contributed by atoms with van der Waals surface area (Å²) in [5.41, 5.74) is 1.03. The van der Waals surface area contributed by atoms with Crippen LogP contribution >= 0.6 is 15.9 Å². The highest BCUT2D eigenvalue weighted by Gasteiger charge is 2.26. The van der Waals surface area contributed by atoms with E-state index < -0.39 is 0 Å². The minimum Gasteiger partial charge on any atom is -0.313 e. The lowest BCUT2D eigenvalue weighted by Crippen LogP contribution is -2.17. The largest absolute Gasteiger partial charge is 0.313 e. The second-order valence-corrected chi connectivity index (χ2v) is 4.96. The standard InChI is InChI=1S/C12H15BrFN/c1-15-11(7-8-5-6-8)9-3-2-4-10(14)12(9)13/h2-4,8,11,15H,5-7H2,1H3. The smallest absolute Gasteiger partial charge is 0.137 e. The van der Waals surface area contributed by atoms with Crippen LogP contribution in [0.1, 0.15) is 30.9 Å². The fourth-order valence-corrected chi connectivity index (χ4v) is 2.42. The van der Waals surface area contributed by atoms with E-state index in [0.717, 1.165) is 17.9 Å². The first-order valence-corrected chi connectivity index (χ1v) is 6.13. The molecule has 0 radical (unpaired) electrons. The molecule has 15 heavy (non-hydrogen) atoms. The zero-order chi connectivity index (χ0) is 10.8. The van der Waals surface area contributed by atoms with Crippen LogP contribution in [-0.2, 0) is 0 Å². The molecule has 0 amide bonds. The van der Waals surface area contributed by atoms with Crippen LogP contribution in [-0.4, -0.2) is 7.05 Å². The Morgan fingerprint density at radius 2 is 2.27 bits per heavy atom. The van der Waals surface area contributed by atoms with Crippen LogP contribution in [0.4, 0.5) is 4.39 Å². The van der Waals surface area contributed by atoms with Crippen molar-refractivity contribution in [1.82, 2.24) is 5.32 Å². The van der Waals surface area contributed by atoms with Gasteiger partial charge in [0, 0.05) is 6.04 Å².